The number of nitrogens with zero attached hydrogens (tertiary/aromatic N) is 4. The van der Waals surface area contributed by atoms with Crippen molar-refractivity contribution in [1.82, 2.24) is 19.7 Å². The number of Topliss-reactive ketones (excluding diaryl/α,β-unsaturated/α-hetero) is 1. The van der Waals surface area contributed by atoms with Gasteiger partial charge in [0.05, 0.1) is 12.1 Å². The molecule has 0 unspecified atom stereocenters. The van der Waals surface area contributed by atoms with Crippen LogP contribution in [0.5, 0.6) is 0 Å². The number of unbranched alkanes of at least 4 members (excludes halogenated alkanes) is 1. The lowest BCUT2D eigenvalue weighted by molar-refractivity contribution is 0.0697. The third kappa shape index (κ3) is 5.35. The van der Waals surface area contributed by atoms with Crippen LogP contribution in [-0.2, 0) is 13.0 Å². The quantitative estimate of drug-likeness (QED) is 0.454. The standard InChI is InChI=1S/C26H30N4O3/c1-2-3-9-23-28-25(24(31)20-7-5-4-6-8-20)29-30(23)17-18-10-12-19(13-11-18)22-16-27-15-14-21(22)26(32)33/h10-16,20H,2-9,17H2,1H3,(H,32,33). The van der Waals surface area contributed by atoms with Crippen LogP contribution in [-0.4, -0.2) is 36.6 Å². The molecule has 1 fully saturated rings. The Morgan fingerprint density at radius 1 is 1.09 bits per heavy atom. The van der Waals surface area contributed by atoms with Crippen LogP contribution in [0.2, 0.25) is 0 Å². The zero-order chi connectivity index (χ0) is 23.2. The number of aryl methyl sites for hydroxylation is 1. The van der Waals surface area contributed by atoms with Gasteiger partial charge in [0.15, 0.2) is 0 Å². The van der Waals surface area contributed by atoms with Crippen molar-refractivity contribution < 1.29 is 14.7 Å². The Kier molecular flexibility index (Phi) is 7.27. The number of aromatic nitrogens is 4. The summed E-state index contributed by atoms with van der Waals surface area (Å²) in [5, 5.41) is 14.1. The smallest absolute Gasteiger partial charge is 0.336 e. The Morgan fingerprint density at radius 3 is 2.55 bits per heavy atom. The zero-order valence-corrected chi connectivity index (χ0v) is 19.0. The molecule has 1 N–H and O–H groups in total. The van der Waals surface area contributed by atoms with Crippen molar-refractivity contribution in [2.24, 2.45) is 5.92 Å². The molecule has 1 saturated carbocycles. The first-order chi connectivity index (χ1) is 16.1. The molecule has 33 heavy (non-hydrogen) atoms. The maximum absolute atomic E-state index is 13.0. The monoisotopic (exact) mass is 446 g/mol. The number of rotatable bonds is 9. The predicted molar refractivity (Wildman–Crippen MR) is 125 cm³/mol. The van der Waals surface area contributed by atoms with Crippen LogP contribution in [0.1, 0.15) is 84.2 Å². The molecule has 0 aliphatic heterocycles. The number of benzene rings is 1. The fourth-order valence-electron chi connectivity index (χ4n) is 4.45. The number of carbonyl (C=O) groups excluding carboxylic acids is 1. The van der Waals surface area contributed by atoms with Crippen LogP contribution in [0, 0.1) is 5.92 Å². The molecule has 0 amide bonds. The fourth-order valence-corrected chi connectivity index (χ4v) is 4.45. The van der Waals surface area contributed by atoms with Gasteiger partial charge in [0, 0.05) is 30.3 Å². The topological polar surface area (TPSA) is 98.0 Å². The lowest BCUT2D eigenvalue weighted by atomic mass is 9.86. The summed E-state index contributed by atoms with van der Waals surface area (Å²) in [6, 6.07) is 9.22. The average Bonchev–Trinajstić information content (AvgIpc) is 3.25. The Labute approximate surface area is 193 Å². The van der Waals surface area contributed by atoms with Crippen LogP contribution in [0.25, 0.3) is 11.1 Å². The Bertz CT molecular complexity index is 1110. The largest absolute Gasteiger partial charge is 0.478 e. The van der Waals surface area contributed by atoms with Gasteiger partial charge in [0.2, 0.25) is 11.6 Å². The van der Waals surface area contributed by atoms with Crippen LogP contribution in [0.3, 0.4) is 0 Å². The molecule has 1 aliphatic carbocycles. The first-order valence-electron chi connectivity index (χ1n) is 11.8. The molecule has 7 heteroatoms. The third-order valence-corrected chi connectivity index (χ3v) is 6.35. The number of carbonyl (C=O) groups is 2. The number of hydrogen-bond acceptors (Lipinski definition) is 5. The van der Waals surface area contributed by atoms with Gasteiger partial charge < -0.3 is 5.11 Å². The second-order valence-corrected chi connectivity index (χ2v) is 8.74. The molecule has 0 bridgehead atoms. The van der Waals surface area contributed by atoms with Gasteiger partial charge in [-0.3, -0.25) is 9.78 Å². The van der Waals surface area contributed by atoms with Crippen LogP contribution in [0.15, 0.2) is 42.7 Å². The molecule has 2 aromatic heterocycles. The van der Waals surface area contributed by atoms with Crippen molar-refractivity contribution in [3.63, 3.8) is 0 Å². The number of pyridine rings is 1. The Balaban J connectivity index is 1.56. The summed E-state index contributed by atoms with van der Waals surface area (Å²) in [5.74, 6) is 0.358. The first-order valence-corrected chi connectivity index (χ1v) is 11.8. The number of hydrogen-bond donors (Lipinski definition) is 1. The molecule has 172 valence electrons. The van der Waals surface area contributed by atoms with Gasteiger partial charge in [-0.2, -0.15) is 0 Å². The third-order valence-electron chi connectivity index (χ3n) is 6.35. The van der Waals surface area contributed by atoms with Gasteiger partial charge >= 0.3 is 5.97 Å². The molecule has 3 aromatic rings. The highest BCUT2D eigenvalue weighted by molar-refractivity contribution is 5.95. The summed E-state index contributed by atoms with van der Waals surface area (Å²) in [5.41, 5.74) is 2.61. The van der Waals surface area contributed by atoms with E-state index in [9.17, 15) is 14.7 Å². The minimum absolute atomic E-state index is 0.0517. The van der Waals surface area contributed by atoms with Gasteiger partial charge in [-0.15, -0.1) is 5.10 Å². The van der Waals surface area contributed by atoms with E-state index < -0.39 is 5.97 Å². The van der Waals surface area contributed by atoms with Gasteiger partial charge in [0.25, 0.3) is 0 Å². The summed E-state index contributed by atoms with van der Waals surface area (Å²) in [6.07, 6.45) is 11.2. The van der Waals surface area contributed by atoms with E-state index in [0.717, 1.165) is 61.9 Å². The summed E-state index contributed by atoms with van der Waals surface area (Å²) >= 11 is 0. The summed E-state index contributed by atoms with van der Waals surface area (Å²) in [7, 11) is 0. The van der Waals surface area contributed by atoms with E-state index in [-0.39, 0.29) is 17.3 Å². The molecule has 1 aromatic carbocycles. The number of carboxylic acids is 1. The van der Waals surface area contributed by atoms with E-state index in [4.69, 9.17) is 0 Å². The van der Waals surface area contributed by atoms with Crippen LogP contribution < -0.4 is 0 Å². The summed E-state index contributed by atoms with van der Waals surface area (Å²) in [6.45, 7) is 2.65. The SMILES string of the molecule is CCCCc1nc(C(=O)C2CCCCC2)nn1Cc1ccc(-c2cnccc2C(=O)O)cc1. The van der Waals surface area contributed by atoms with Crippen molar-refractivity contribution in [2.45, 2.75) is 64.8 Å². The first kappa shape index (κ1) is 22.8. The Morgan fingerprint density at radius 2 is 1.85 bits per heavy atom. The highest BCUT2D eigenvalue weighted by Gasteiger charge is 2.26. The van der Waals surface area contributed by atoms with E-state index in [1.54, 1.807) is 6.20 Å². The maximum atomic E-state index is 13.0. The normalized spacial score (nSPS) is 14.3. The molecular weight excluding hydrogens is 416 g/mol. The summed E-state index contributed by atoms with van der Waals surface area (Å²) < 4.78 is 1.85. The molecule has 0 spiro atoms. The van der Waals surface area contributed by atoms with Crippen molar-refractivity contribution >= 4 is 11.8 Å². The molecule has 7 nitrogen and oxygen atoms in total. The minimum atomic E-state index is -0.977. The van der Waals surface area contributed by atoms with E-state index >= 15 is 0 Å². The van der Waals surface area contributed by atoms with Gasteiger partial charge in [-0.25, -0.2) is 14.5 Å². The average molecular weight is 447 g/mol. The van der Waals surface area contributed by atoms with Crippen LogP contribution in [0.4, 0.5) is 0 Å². The molecule has 0 atom stereocenters. The van der Waals surface area contributed by atoms with E-state index in [1.165, 1.54) is 18.7 Å². The van der Waals surface area contributed by atoms with Crippen molar-refractivity contribution in [2.75, 3.05) is 0 Å². The second-order valence-electron chi connectivity index (χ2n) is 8.74. The van der Waals surface area contributed by atoms with Gasteiger partial charge in [0.1, 0.15) is 5.82 Å². The lowest BCUT2D eigenvalue weighted by Crippen LogP contribution is -2.19. The van der Waals surface area contributed by atoms with E-state index in [2.05, 4.69) is 22.0 Å². The maximum Gasteiger partial charge on any atom is 0.336 e. The number of carboxylic acid groups (broad SMARTS) is 1. The minimum Gasteiger partial charge on any atom is -0.478 e. The second kappa shape index (κ2) is 10.5. The number of ketones is 1. The summed E-state index contributed by atoms with van der Waals surface area (Å²) in [4.78, 5) is 33.2. The van der Waals surface area contributed by atoms with E-state index in [1.807, 2.05) is 28.9 Å². The van der Waals surface area contributed by atoms with Crippen LogP contribution >= 0.6 is 0 Å². The molecule has 0 radical (unpaired) electrons. The predicted octanol–water partition coefficient (Wildman–Crippen LogP) is 5.19. The van der Waals surface area contributed by atoms with E-state index in [0.29, 0.717) is 17.9 Å². The van der Waals surface area contributed by atoms with Gasteiger partial charge in [-0.1, -0.05) is 56.9 Å². The molecular formula is C26H30N4O3. The van der Waals surface area contributed by atoms with Crippen molar-refractivity contribution in [1.29, 1.82) is 0 Å². The van der Waals surface area contributed by atoms with Crippen molar-refractivity contribution in [3.8, 4) is 11.1 Å². The van der Waals surface area contributed by atoms with Crippen molar-refractivity contribution in [3.05, 3.63) is 65.5 Å². The molecule has 4 rings (SSSR count). The highest BCUT2D eigenvalue weighted by atomic mass is 16.4. The Hall–Kier alpha value is -3.35. The zero-order valence-electron chi connectivity index (χ0n) is 19.0. The fraction of sp³-hybridized carbons (Fsp3) is 0.423. The van der Waals surface area contributed by atoms with Gasteiger partial charge in [-0.05, 0) is 36.5 Å². The molecule has 1 aliphatic rings. The molecule has 2 heterocycles. The number of aromatic carboxylic acids is 1. The molecule has 0 saturated heterocycles. The lowest BCUT2D eigenvalue weighted by Gasteiger charge is -2.18. The highest BCUT2D eigenvalue weighted by Crippen LogP contribution is 2.27.